The molecule has 6 N–H and O–H groups in total. The maximum absolute atomic E-state index is 8.65. The molecule has 6 atom stereocenters. The lowest BCUT2D eigenvalue weighted by Gasteiger charge is -2.29. The second-order valence-electron chi connectivity index (χ2n) is 9.26. The highest BCUT2D eigenvalue weighted by molar-refractivity contribution is 5.28. The van der Waals surface area contributed by atoms with Crippen molar-refractivity contribution < 1.29 is 21.2 Å². The largest absolute Gasteiger partial charge is 0.508 e. The minimum absolute atomic E-state index is 0. The molecule has 0 spiro atoms. The van der Waals surface area contributed by atoms with Gasteiger partial charge in [0.1, 0.15) is 11.5 Å². The molecule has 2 fully saturated rings. The highest BCUT2D eigenvalue weighted by Crippen LogP contribution is 2.33. The van der Waals surface area contributed by atoms with Gasteiger partial charge in [-0.1, -0.05) is 67.2 Å². The van der Waals surface area contributed by atoms with Gasteiger partial charge in [-0.05, 0) is 72.6 Å². The Balaban J connectivity index is 0. The Hall–Kier alpha value is -1.26. The first-order valence-electron chi connectivity index (χ1n) is 10.7. The number of hydrogen-bond donors (Lipinski definition) is 2. The van der Waals surface area contributed by atoms with Crippen molar-refractivity contribution in [2.75, 3.05) is 0 Å². The number of aromatic hydroxyl groups is 2. The molecule has 2 aliphatic rings. The van der Waals surface area contributed by atoms with Gasteiger partial charge in [0, 0.05) is 0 Å². The number of hydrogen-bond acceptors (Lipinski definition) is 2. The molecule has 0 aliphatic heterocycles. The Morgan fingerprint density at radius 1 is 0.536 bits per heavy atom. The van der Waals surface area contributed by atoms with Crippen LogP contribution in [0.4, 0.5) is 0 Å². The third-order valence-corrected chi connectivity index (χ3v) is 6.57. The van der Waals surface area contributed by atoms with Crippen LogP contribution in [0, 0.1) is 35.5 Å². The van der Waals surface area contributed by atoms with Crippen molar-refractivity contribution in [2.45, 2.75) is 80.1 Å². The van der Waals surface area contributed by atoms with E-state index < -0.39 is 0 Å². The van der Waals surface area contributed by atoms with Crippen LogP contribution in [0.5, 0.6) is 11.5 Å². The Bertz CT molecular complexity index is 443. The Morgan fingerprint density at radius 3 is 1.04 bits per heavy atom. The standard InChI is InChI=1S/2C9H18.C6H6O2.2H2O/c2*1-7-4-5-8(2)9(3)6-7;7-5-1-2-6(8)4-3-5;;/h2*7-9H,4-6H2,1-3H3;1-4,7-8H;2*1H2. The SMILES string of the molecule is CC1CCC(C)C(C)C1.CC1CCC(C)C(C)C1.O.O.Oc1ccc(O)cc1. The number of phenols is 2. The summed E-state index contributed by atoms with van der Waals surface area (Å²) >= 11 is 0. The van der Waals surface area contributed by atoms with E-state index in [1.807, 2.05) is 0 Å². The molecule has 4 heteroatoms. The molecule has 0 saturated heterocycles. The van der Waals surface area contributed by atoms with E-state index in [-0.39, 0.29) is 22.5 Å². The summed E-state index contributed by atoms with van der Waals surface area (Å²) in [4.78, 5) is 0. The van der Waals surface area contributed by atoms with Crippen LogP contribution in [0.15, 0.2) is 24.3 Å². The minimum Gasteiger partial charge on any atom is -0.508 e. The van der Waals surface area contributed by atoms with Crippen LogP contribution in [-0.4, -0.2) is 21.2 Å². The quantitative estimate of drug-likeness (QED) is 0.555. The monoisotopic (exact) mass is 398 g/mol. The minimum atomic E-state index is 0. The summed E-state index contributed by atoms with van der Waals surface area (Å²) in [6.45, 7) is 14.3. The van der Waals surface area contributed by atoms with E-state index in [2.05, 4.69) is 41.5 Å². The van der Waals surface area contributed by atoms with Crippen molar-refractivity contribution in [3.05, 3.63) is 24.3 Å². The molecule has 0 heterocycles. The molecular weight excluding hydrogens is 352 g/mol. The molecule has 1 aromatic carbocycles. The molecule has 28 heavy (non-hydrogen) atoms. The summed E-state index contributed by atoms with van der Waals surface area (Å²) in [5.41, 5.74) is 0. The van der Waals surface area contributed by atoms with Gasteiger partial charge in [-0.25, -0.2) is 0 Å². The summed E-state index contributed by atoms with van der Waals surface area (Å²) in [5, 5.41) is 17.3. The molecule has 6 unspecified atom stereocenters. The zero-order valence-electron chi connectivity index (χ0n) is 18.9. The van der Waals surface area contributed by atoms with E-state index in [0.29, 0.717) is 0 Å². The molecule has 4 nitrogen and oxygen atoms in total. The molecule has 2 saturated carbocycles. The predicted molar refractivity (Wildman–Crippen MR) is 120 cm³/mol. The smallest absolute Gasteiger partial charge is 0.115 e. The fraction of sp³-hybridized carbons (Fsp3) is 0.750. The van der Waals surface area contributed by atoms with Gasteiger partial charge < -0.3 is 21.2 Å². The van der Waals surface area contributed by atoms with Crippen LogP contribution >= 0.6 is 0 Å². The number of phenolic OH excluding ortho intramolecular Hbond substituents is 2. The van der Waals surface area contributed by atoms with E-state index in [9.17, 15) is 0 Å². The predicted octanol–water partition coefficient (Wildman–Crippen LogP) is 5.61. The Morgan fingerprint density at radius 2 is 0.821 bits per heavy atom. The summed E-state index contributed by atoms with van der Waals surface area (Å²) in [6.07, 6.45) is 8.77. The molecule has 0 amide bonds. The zero-order chi connectivity index (χ0) is 19.7. The molecule has 2 aliphatic carbocycles. The van der Waals surface area contributed by atoms with Gasteiger partial charge in [-0.3, -0.25) is 0 Å². The van der Waals surface area contributed by atoms with Crippen molar-refractivity contribution in [3.63, 3.8) is 0 Å². The van der Waals surface area contributed by atoms with Crippen molar-refractivity contribution in [1.29, 1.82) is 0 Å². The van der Waals surface area contributed by atoms with Crippen molar-refractivity contribution in [3.8, 4) is 11.5 Å². The molecule has 0 radical (unpaired) electrons. The summed E-state index contributed by atoms with van der Waals surface area (Å²) in [6, 6.07) is 5.70. The normalized spacial score (nSPS) is 31.5. The third-order valence-electron chi connectivity index (χ3n) is 6.57. The summed E-state index contributed by atoms with van der Waals surface area (Å²) in [7, 11) is 0. The second-order valence-corrected chi connectivity index (χ2v) is 9.26. The molecule has 0 aromatic heterocycles. The maximum atomic E-state index is 8.65. The van der Waals surface area contributed by atoms with Crippen LogP contribution in [0.25, 0.3) is 0 Å². The van der Waals surface area contributed by atoms with Crippen LogP contribution in [-0.2, 0) is 0 Å². The van der Waals surface area contributed by atoms with Crippen LogP contribution in [0.2, 0.25) is 0 Å². The van der Waals surface area contributed by atoms with E-state index in [4.69, 9.17) is 10.2 Å². The molecular formula is C24H46O4. The highest BCUT2D eigenvalue weighted by Gasteiger charge is 2.21. The second kappa shape index (κ2) is 14.7. The zero-order valence-corrected chi connectivity index (χ0v) is 18.9. The Labute approximate surface area is 173 Å². The third kappa shape index (κ3) is 11.6. The average Bonchev–Trinajstić information content (AvgIpc) is 2.59. The van der Waals surface area contributed by atoms with Gasteiger partial charge >= 0.3 is 0 Å². The van der Waals surface area contributed by atoms with E-state index in [1.54, 1.807) is 0 Å². The van der Waals surface area contributed by atoms with Crippen molar-refractivity contribution in [1.82, 2.24) is 0 Å². The lowest BCUT2D eigenvalue weighted by molar-refractivity contribution is 0.220. The molecule has 1 aromatic rings. The van der Waals surface area contributed by atoms with Gasteiger partial charge in [-0.15, -0.1) is 0 Å². The molecule has 0 bridgehead atoms. The van der Waals surface area contributed by atoms with Crippen molar-refractivity contribution in [2.24, 2.45) is 35.5 Å². The van der Waals surface area contributed by atoms with Gasteiger partial charge in [0.2, 0.25) is 0 Å². The Kier molecular flexibility index (Phi) is 15.2. The first-order valence-corrected chi connectivity index (χ1v) is 10.7. The van der Waals surface area contributed by atoms with Crippen LogP contribution < -0.4 is 0 Å². The van der Waals surface area contributed by atoms with Crippen LogP contribution in [0.1, 0.15) is 80.1 Å². The molecule has 166 valence electrons. The lowest BCUT2D eigenvalue weighted by Crippen LogP contribution is -2.18. The van der Waals surface area contributed by atoms with Crippen molar-refractivity contribution >= 4 is 0 Å². The maximum Gasteiger partial charge on any atom is 0.115 e. The van der Waals surface area contributed by atoms with Crippen LogP contribution in [0.3, 0.4) is 0 Å². The van der Waals surface area contributed by atoms with Gasteiger partial charge in [-0.2, -0.15) is 0 Å². The fourth-order valence-corrected chi connectivity index (χ4v) is 4.09. The van der Waals surface area contributed by atoms with E-state index in [0.717, 1.165) is 35.5 Å². The first-order chi connectivity index (χ1) is 12.2. The summed E-state index contributed by atoms with van der Waals surface area (Å²) in [5.74, 6) is 6.27. The average molecular weight is 399 g/mol. The van der Waals surface area contributed by atoms with E-state index >= 15 is 0 Å². The fourth-order valence-electron chi connectivity index (χ4n) is 4.09. The topological polar surface area (TPSA) is 103 Å². The summed E-state index contributed by atoms with van der Waals surface area (Å²) < 4.78 is 0. The highest BCUT2D eigenvalue weighted by atomic mass is 16.3. The van der Waals surface area contributed by atoms with Gasteiger partial charge in [0.05, 0.1) is 0 Å². The van der Waals surface area contributed by atoms with Gasteiger partial charge in [0.25, 0.3) is 0 Å². The number of rotatable bonds is 0. The number of benzene rings is 1. The van der Waals surface area contributed by atoms with E-state index in [1.165, 1.54) is 62.8 Å². The lowest BCUT2D eigenvalue weighted by atomic mass is 9.77. The molecule has 3 rings (SSSR count). The first kappa shape index (κ1) is 28.9. The van der Waals surface area contributed by atoms with Gasteiger partial charge in [0.15, 0.2) is 0 Å².